The number of thioether (sulfide) groups is 1. The standard InChI is InChI=1S/C9H11NO3S/c1-2-13-6-14-8-7(9(11)12)4-3-5-10-8/h3-5H,2,6H2,1H3,(H,11,12). The van der Waals surface area contributed by atoms with Crippen LogP contribution in [0.5, 0.6) is 0 Å². The minimum atomic E-state index is -0.961. The highest BCUT2D eigenvalue weighted by atomic mass is 32.2. The fraction of sp³-hybridized carbons (Fsp3) is 0.333. The lowest BCUT2D eigenvalue weighted by Gasteiger charge is -2.03. The molecule has 0 bridgehead atoms. The molecule has 0 unspecified atom stereocenters. The zero-order chi connectivity index (χ0) is 10.4. The quantitative estimate of drug-likeness (QED) is 0.459. The number of nitrogens with zero attached hydrogens (tertiary/aromatic N) is 1. The first-order chi connectivity index (χ1) is 6.75. The molecule has 0 saturated carbocycles. The molecule has 0 amide bonds. The third kappa shape index (κ3) is 3.01. The number of carboxylic acid groups (broad SMARTS) is 1. The van der Waals surface area contributed by atoms with Gasteiger partial charge in [0.05, 0.1) is 11.5 Å². The number of aromatic nitrogens is 1. The van der Waals surface area contributed by atoms with Crippen LogP contribution in [0.2, 0.25) is 0 Å². The largest absolute Gasteiger partial charge is 0.478 e. The molecule has 0 radical (unpaired) electrons. The summed E-state index contributed by atoms with van der Waals surface area (Å²) < 4.78 is 5.10. The number of carboxylic acids is 1. The van der Waals surface area contributed by atoms with Gasteiger partial charge >= 0.3 is 5.97 Å². The van der Waals surface area contributed by atoms with E-state index in [1.165, 1.54) is 17.8 Å². The molecule has 0 aromatic carbocycles. The zero-order valence-electron chi connectivity index (χ0n) is 7.77. The van der Waals surface area contributed by atoms with Crippen LogP contribution in [0.3, 0.4) is 0 Å². The van der Waals surface area contributed by atoms with Gasteiger partial charge in [0.15, 0.2) is 0 Å². The van der Waals surface area contributed by atoms with Crippen molar-refractivity contribution >= 4 is 17.7 Å². The second-order valence-corrected chi connectivity index (χ2v) is 3.33. The number of carbonyl (C=O) groups is 1. The van der Waals surface area contributed by atoms with Gasteiger partial charge in [0.2, 0.25) is 0 Å². The molecule has 76 valence electrons. The maximum absolute atomic E-state index is 10.8. The van der Waals surface area contributed by atoms with Gasteiger partial charge in [0.25, 0.3) is 0 Å². The molecule has 4 nitrogen and oxygen atoms in total. The van der Waals surface area contributed by atoms with Gasteiger partial charge in [-0.1, -0.05) is 11.8 Å². The van der Waals surface area contributed by atoms with Crippen molar-refractivity contribution in [1.29, 1.82) is 0 Å². The molecule has 1 heterocycles. The summed E-state index contributed by atoms with van der Waals surface area (Å²) in [5.41, 5.74) is 0.220. The van der Waals surface area contributed by atoms with Crippen molar-refractivity contribution in [2.24, 2.45) is 0 Å². The number of hydrogen-bond acceptors (Lipinski definition) is 4. The van der Waals surface area contributed by atoms with Gasteiger partial charge in [-0.15, -0.1) is 0 Å². The Kier molecular flexibility index (Phi) is 4.42. The third-order valence-corrected chi connectivity index (χ3v) is 2.37. The predicted octanol–water partition coefficient (Wildman–Crippen LogP) is 1.87. The van der Waals surface area contributed by atoms with Crippen LogP contribution in [0.4, 0.5) is 0 Å². The second kappa shape index (κ2) is 5.62. The summed E-state index contributed by atoms with van der Waals surface area (Å²) in [6.45, 7) is 2.50. The summed E-state index contributed by atoms with van der Waals surface area (Å²) in [5.74, 6) is -0.537. The molecular weight excluding hydrogens is 202 g/mol. The molecule has 14 heavy (non-hydrogen) atoms. The maximum atomic E-state index is 10.8. The number of rotatable bonds is 5. The van der Waals surface area contributed by atoms with Crippen LogP contribution in [0.25, 0.3) is 0 Å². The molecule has 1 aromatic rings. The second-order valence-electron chi connectivity index (χ2n) is 2.42. The molecular formula is C9H11NO3S. The lowest BCUT2D eigenvalue weighted by molar-refractivity contribution is 0.0692. The minimum Gasteiger partial charge on any atom is -0.478 e. The lowest BCUT2D eigenvalue weighted by atomic mass is 10.3. The normalized spacial score (nSPS) is 10.1. The predicted molar refractivity (Wildman–Crippen MR) is 53.5 cm³/mol. The van der Waals surface area contributed by atoms with E-state index >= 15 is 0 Å². The molecule has 0 spiro atoms. The Labute approximate surface area is 86.3 Å². The van der Waals surface area contributed by atoms with Crippen molar-refractivity contribution in [2.45, 2.75) is 11.9 Å². The molecule has 0 aliphatic rings. The monoisotopic (exact) mass is 213 g/mol. The Morgan fingerprint density at radius 1 is 1.71 bits per heavy atom. The Morgan fingerprint density at radius 2 is 2.50 bits per heavy atom. The van der Waals surface area contributed by atoms with Crippen molar-refractivity contribution in [1.82, 2.24) is 4.98 Å². The average molecular weight is 213 g/mol. The maximum Gasteiger partial charge on any atom is 0.338 e. The average Bonchev–Trinajstić information content (AvgIpc) is 2.19. The van der Waals surface area contributed by atoms with Crippen LogP contribution < -0.4 is 0 Å². The molecule has 0 aliphatic carbocycles. The summed E-state index contributed by atoms with van der Waals surface area (Å²) in [4.78, 5) is 14.7. The van der Waals surface area contributed by atoms with Gasteiger partial charge < -0.3 is 9.84 Å². The highest BCUT2D eigenvalue weighted by molar-refractivity contribution is 7.99. The van der Waals surface area contributed by atoms with Crippen molar-refractivity contribution in [3.05, 3.63) is 23.9 Å². The summed E-state index contributed by atoms with van der Waals surface area (Å²) in [7, 11) is 0. The van der Waals surface area contributed by atoms with Crippen LogP contribution >= 0.6 is 11.8 Å². The van der Waals surface area contributed by atoms with Crippen molar-refractivity contribution in [3.63, 3.8) is 0 Å². The molecule has 1 aromatic heterocycles. The molecule has 1 rings (SSSR count). The van der Waals surface area contributed by atoms with Gasteiger partial charge in [-0.25, -0.2) is 9.78 Å². The summed E-state index contributed by atoms with van der Waals surface area (Å²) >= 11 is 1.29. The molecule has 0 aliphatic heterocycles. The topological polar surface area (TPSA) is 59.4 Å². The van der Waals surface area contributed by atoms with Gasteiger partial charge in [-0.2, -0.15) is 0 Å². The zero-order valence-corrected chi connectivity index (χ0v) is 8.58. The van der Waals surface area contributed by atoms with Gasteiger partial charge in [0, 0.05) is 12.8 Å². The fourth-order valence-corrected chi connectivity index (χ4v) is 1.66. The van der Waals surface area contributed by atoms with Gasteiger partial charge in [-0.05, 0) is 19.1 Å². The van der Waals surface area contributed by atoms with Crippen LogP contribution in [0.15, 0.2) is 23.4 Å². The van der Waals surface area contributed by atoms with E-state index in [4.69, 9.17) is 9.84 Å². The van der Waals surface area contributed by atoms with Crippen LogP contribution in [-0.2, 0) is 4.74 Å². The first-order valence-electron chi connectivity index (χ1n) is 4.14. The minimum absolute atomic E-state index is 0.220. The summed E-state index contributed by atoms with van der Waals surface area (Å²) in [5, 5.41) is 9.32. The highest BCUT2D eigenvalue weighted by Crippen LogP contribution is 2.19. The SMILES string of the molecule is CCOCSc1ncccc1C(=O)O. The molecule has 5 heteroatoms. The molecule has 0 saturated heterocycles. The Bertz CT molecular complexity index is 317. The van der Waals surface area contributed by atoms with Crippen molar-refractivity contribution in [2.75, 3.05) is 12.5 Å². The number of aromatic carboxylic acids is 1. The smallest absolute Gasteiger partial charge is 0.338 e. The summed E-state index contributed by atoms with van der Waals surface area (Å²) in [6, 6.07) is 3.14. The van der Waals surface area contributed by atoms with E-state index in [9.17, 15) is 4.79 Å². The first kappa shape index (κ1) is 11.0. The van der Waals surface area contributed by atoms with Crippen LogP contribution in [0.1, 0.15) is 17.3 Å². The summed E-state index contributed by atoms with van der Waals surface area (Å²) in [6.07, 6.45) is 1.57. The molecule has 0 atom stereocenters. The van der Waals surface area contributed by atoms with E-state index in [1.54, 1.807) is 12.3 Å². The van der Waals surface area contributed by atoms with E-state index in [0.29, 0.717) is 17.6 Å². The Hall–Kier alpha value is -1.07. The van der Waals surface area contributed by atoms with Crippen LogP contribution in [-0.4, -0.2) is 28.6 Å². The third-order valence-electron chi connectivity index (χ3n) is 1.48. The van der Waals surface area contributed by atoms with E-state index in [0.717, 1.165) is 0 Å². The fourth-order valence-electron chi connectivity index (χ4n) is 0.849. The van der Waals surface area contributed by atoms with Crippen molar-refractivity contribution in [3.8, 4) is 0 Å². The van der Waals surface area contributed by atoms with Gasteiger partial charge in [-0.3, -0.25) is 0 Å². The lowest BCUT2D eigenvalue weighted by Crippen LogP contribution is -2.01. The van der Waals surface area contributed by atoms with E-state index in [1.807, 2.05) is 6.92 Å². The van der Waals surface area contributed by atoms with E-state index < -0.39 is 5.97 Å². The highest BCUT2D eigenvalue weighted by Gasteiger charge is 2.10. The number of ether oxygens (including phenoxy) is 1. The number of pyridine rings is 1. The van der Waals surface area contributed by atoms with Gasteiger partial charge in [0.1, 0.15) is 5.03 Å². The van der Waals surface area contributed by atoms with E-state index in [2.05, 4.69) is 4.98 Å². The van der Waals surface area contributed by atoms with E-state index in [-0.39, 0.29) is 5.56 Å². The van der Waals surface area contributed by atoms with Crippen molar-refractivity contribution < 1.29 is 14.6 Å². The molecule has 0 fully saturated rings. The Balaban J connectivity index is 2.69. The first-order valence-corrected chi connectivity index (χ1v) is 5.13. The number of hydrogen-bond donors (Lipinski definition) is 1. The van der Waals surface area contributed by atoms with Crippen LogP contribution in [0, 0.1) is 0 Å². The molecule has 1 N–H and O–H groups in total. The Morgan fingerprint density at radius 3 is 3.14 bits per heavy atom.